The summed E-state index contributed by atoms with van der Waals surface area (Å²) in [5, 5.41) is 3.85. The molecule has 0 aliphatic carbocycles. The second kappa shape index (κ2) is 5.47. The van der Waals surface area contributed by atoms with Gasteiger partial charge in [0.05, 0.1) is 20.8 Å². The molecule has 0 aliphatic rings. The highest BCUT2D eigenvalue weighted by Gasteiger charge is 2.14. The quantitative estimate of drug-likeness (QED) is 0.736. The van der Waals surface area contributed by atoms with Crippen molar-refractivity contribution in [3.8, 4) is 0 Å². The van der Waals surface area contributed by atoms with Gasteiger partial charge in [0.25, 0.3) is 5.91 Å². The molecular formula is C16H13ClN2OS. The average Bonchev–Trinajstić information content (AvgIpc) is 2.88. The molecule has 5 heteroatoms. The Morgan fingerprint density at radius 1 is 1.14 bits per heavy atom. The number of hydrogen-bond acceptors (Lipinski definition) is 3. The van der Waals surface area contributed by atoms with Crippen molar-refractivity contribution in [3.05, 3.63) is 58.1 Å². The van der Waals surface area contributed by atoms with Crippen LogP contribution in [0.3, 0.4) is 0 Å². The average molecular weight is 317 g/mol. The number of nitrogens with zero attached hydrogens (tertiary/aromatic N) is 1. The van der Waals surface area contributed by atoms with E-state index in [1.165, 1.54) is 11.3 Å². The van der Waals surface area contributed by atoms with E-state index < -0.39 is 0 Å². The number of halogens is 1. The molecule has 1 heterocycles. The molecule has 0 unspecified atom stereocenters. The first-order valence-electron chi connectivity index (χ1n) is 6.49. The number of hydrogen-bond donors (Lipinski definition) is 1. The van der Waals surface area contributed by atoms with Crippen LogP contribution < -0.4 is 5.32 Å². The summed E-state index contributed by atoms with van der Waals surface area (Å²) in [6.45, 7) is 4.06. The molecule has 1 aromatic heterocycles. The van der Waals surface area contributed by atoms with E-state index >= 15 is 0 Å². The summed E-state index contributed by atoms with van der Waals surface area (Å²) < 4.78 is 1.10. The van der Waals surface area contributed by atoms with Gasteiger partial charge in [-0.2, -0.15) is 0 Å². The first kappa shape index (κ1) is 14.0. The van der Waals surface area contributed by atoms with Crippen LogP contribution in [0.1, 0.15) is 21.5 Å². The zero-order valence-electron chi connectivity index (χ0n) is 11.6. The van der Waals surface area contributed by atoms with E-state index in [9.17, 15) is 4.79 Å². The van der Waals surface area contributed by atoms with Crippen LogP contribution >= 0.6 is 22.9 Å². The molecule has 0 fully saturated rings. The molecule has 21 heavy (non-hydrogen) atoms. The van der Waals surface area contributed by atoms with Gasteiger partial charge >= 0.3 is 0 Å². The van der Waals surface area contributed by atoms with Crippen LogP contribution in [-0.2, 0) is 0 Å². The molecule has 0 aliphatic heterocycles. The topological polar surface area (TPSA) is 42.0 Å². The fourth-order valence-corrected chi connectivity index (χ4v) is 3.35. The zero-order valence-corrected chi connectivity index (χ0v) is 13.2. The maximum atomic E-state index is 12.3. The minimum absolute atomic E-state index is 0.241. The number of thiazole rings is 1. The summed E-state index contributed by atoms with van der Waals surface area (Å²) in [6.07, 6.45) is 0. The molecule has 0 saturated carbocycles. The number of benzene rings is 2. The van der Waals surface area contributed by atoms with E-state index in [2.05, 4.69) is 16.4 Å². The number of aryl methyl sites for hydroxylation is 2. The highest BCUT2D eigenvalue weighted by molar-refractivity contribution is 7.22. The number of fused-ring (bicyclic) bond motifs is 1. The first-order chi connectivity index (χ1) is 10.1. The van der Waals surface area contributed by atoms with Crippen molar-refractivity contribution in [1.82, 2.24) is 4.98 Å². The highest BCUT2D eigenvalue weighted by atomic mass is 35.5. The fraction of sp³-hybridized carbons (Fsp3) is 0.125. The largest absolute Gasteiger partial charge is 0.298 e. The molecule has 106 valence electrons. The third kappa shape index (κ3) is 2.64. The van der Waals surface area contributed by atoms with Crippen molar-refractivity contribution in [2.24, 2.45) is 0 Å². The van der Waals surface area contributed by atoms with Gasteiger partial charge in [0, 0.05) is 0 Å². The molecule has 0 saturated heterocycles. The van der Waals surface area contributed by atoms with Crippen LogP contribution in [-0.4, -0.2) is 10.9 Å². The van der Waals surface area contributed by atoms with E-state index in [-0.39, 0.29) is 5.91 Å². The first-order valence-corrected chi connectivity index (χ1v) is 7.68. The van der Waals surface area contributed by atoms with Gasteiger partial charge in [0.2, 0.25) is 0 Å². The Balaban J connectivity index is 1.96. The second-order valence-electron chi connectivity index (χ2n) is 4.83. The van der Waals surface area contributed by atoms with Crippen molar-refractivity contribution in [3.63, 3.8) is 0 Å². The SMILES string of the molecule is Cc1ccc(C)c2sc(NC(=O)c3ccccc3Cl)nc12. The number of carbonyl (C=O) groups excluding carboxylic acids is 1. The molecule has 0 spiro atoms. The minimum Gasteiger partial charge on any atom is -0.298 e. The number of amides is 1. The lowest BCUT2D eigenvalue weighted by atomic mass is 10.1. The molecular weight excluding hydrogens is 304 g/mol. The van der Waals surface area contributed by atoms with Crippen LogP contribution in [0.2, 0.25) is 5.02 Å². The summed E-state index contributed by atoms with van der Waals surface area (Å²) in [4.78, 5) is 16.8. The molecule has 1 amide bonds. The Morgan fingerprint density at radius 2 is 1.86 bits per heavy atom. The maximum absolute atomic E-state index is 12.3. The summed E-state index contributed by atoms with van der Waals surface area (Å²) in [5.74, 6) is -0.241. The monoisotopic (exact) mass is 316 g/mol. The van der Waals surface area contributed by atoms with Gasteiger partial charge in [-0.1, -0.05) is 47.2 Å². The number of aromatic nitrogens is 1. The summed E-state index contributed by atoms with van der Waals surface area (Å²) >= 11 is 7.52. The molecule has 1 N–H and O–H groups in total. The molecule has 0 radical (unpaired) electrons. The summed E-state index contributed by atoms with van der Waals surface area (Å²) in [7, 11) is 0. The molecule has 2 aromatic carbocycles. The second-order valence-corrected chi connectivity index (χ2v) is 6.24. The van der Waals surface area contributed by atoms with Gasteiger partial charge in [-0.3, -0.25) is 10.1 Å². The number of nitrogens with one attached hydrogen (secondary N) is 1. The molecule has 3 rings (SSSR count). The van der Waals surface area contributed by atoms with Gasteiger partial charge in [0.1, 0.15) is 0 Å². The van der Waals surface area contributed by atoms with Crippen molar-refractivity contribution >= 4 is 44.2 Å². The lowest BCUT2D eigenvalue weighted by Crippen LogP contribution is -2.12. The van der Waals surface area contributed by atoms with Crippen LogP contribution in [0.4, 0.5) is 5.13 Å². The third-order valence-corrected chi connectivity index (χ3v) is 4.72. The van der Waals surface area contributed by atoms with Crippen molar-refractivity contribution < 1.29 is 4.79 Å². The Hall–Kier alpha value is -1.91. The highest BCUT2D eigenvalue weighted by Crippen LogP contribution is 2.31. The van der Waals surface area contributed by atoms with Gasteiger partial charge < -0.3 is 0 Å². The molecule has 0 atom stereocenters. The minimum atomic E-state index is -0.241. The molecule has 3 nitrogen and oxygen atoms in total. The maximum Gasteiger partial charge on any atom is 0.258 e. The number of rotatable bonds is 2. The summed E-state index contributed by atoms with van der Waals surface area (Å²) in [6, 6.07) is 11.1. The third-order valence-electron chi connectivity index (χ3n) is 3.28. The normalized spacial score (nSPS) is 10.8. The van der Waals surface area contributed by atoms with Crippen LogP contribution in [0, 0.1) is 13.8 Å². The van der Waals surface area contributed by atoms with Crippen molar-refractivity contribution in [2.75, 3.05) is 5.32 Å². The Labute approximate surface area is 131 Å². The Morgan fingerprint density at radius 3 is 2.57 bits per heavy atom. The standard InChI is InChI=1S/C16H13ClN2OS/c1-9-7-8-10(2)14-13(9)18-16(21-14)19-15(20)11-5-3-4-6-12(11)17/h3-8H,1-2H3,(H,18,19,20). The smallest absolute Gasteiger partial charge is 0.258 e. The number of carbonyl (C=O) groups is 1. The molecule has 3 aromatic rings. The number of anilines is 1. The van der Waals surface area contributed by atoms with Gasteiger partial charge in [-0.25, -0.2) is 4.98 Å². The van der Waals surface area contributed by atoms with E-state index in [1.54, 1.807) is 24.3 Å². The van der Waals surface area contributed by atoms with Gasteiger partial charge in [-0.05, 0) is 37.1 Å². The Bertz CT molecular complexity index is 802. The van der Waals surface area contributed by atoms with Crippen molar-refractivity contribution in [2.45, 2.75) is 13.8 Å². The van der Waals surface area contributed by atoms with Gasteiger partial charge in [-0.15, -0.1) is 0 Å². The fourth-order valence-electron chi connectivity index (χ4n) is 2.12. The lowest BCUT2D eigenvalue weighted by molar-refractivity contribution is 0.102. The lowest BCUT2D eigenvalue weighted by Gasteiger charge is -2.02. The van der Waals surface area contributed by atoms with E-state index in [1.807, 2.05) is 19.9 Å². The van der Waals surface area contributed by atoms with Crippen LogP contribution in [0.25, 0.3) is 10.2 Å². The van der Waals surface area contributed by atoms with E-state index in [4.69, 9.17) is 11.6 Å². The van der Waals surface area contributed by atoms with E-state index in [0.29, 0.717) is 15.7 Å². The van der Waals surface area contributed by atoms with E-state index in [0.717, 1.165) is 21.3 Å². The van der Waals surface area contributed by atoms with Crippen LogP contribution in [0.15, 0.2) is 36.4 Å². The zero-order chi connectivity index (χ0) is 15.0. The van der Waals surface area contributed by atoms with Crippen LogP contribution in [0.5, 0.6) is 0 Å². The van der Waals surface area contributed by atoms with Gasteiger partial charge in [0.15, 0.2) is 5.13 Å². The Kier molecular flexibility index (Phi) is 3.66. The predicted octanol–water partition coefficient (Wildman–Crippen LogP) is 4.82. The van der Waals surface area contributed by atoms with Crippen molar-refractivity contribution in [1.29, 1.82) is 0 Å². The summed E-state index contributed by atoms with van der Waals surface area (Å²) in [5.41, 5.74) is 3.65. The molecule has 0 bridgehead atoms. The predicted molar refractivity (Wildman–Crippen MR) is 88.5 cm³/mol.